The minimum absolute atomic E-state index is 0.00103. The topological polar surface area (TPSA) is 39.7 Å². The molecule has 1 aromatic rings. The molecule has 3 rings (SSSR count). The van der Waals surface area contributed by atoms with E-state index in [-0.39, 0.29) is 19.0 Å². The van der Waals surface area contributed by atoms with Gasteiger partial charge >= 0.3 is 12.1 Å². The fraction of sp³-hybridized carbons (Fsp3) is 0.636. The largest absolute Gasteiger partial charge is 0.471 e. The highest BCUT2D eigenvalue weighted by Gasteiger charge is 2.44. The van der Waals surface area contributed by atoms with Gasteiger partial charge < -0.3 is 14.7 Å². The smallest absolute Gasteiger partial charge is 0.370 e. The Morgan fingerprint density at radius 3 is 2.61 bits per heavy atom. The molecule has 0 radical (unpaired) electrons. The molecule has 2 aliphatic rings. The van der Waals surface area contributed by atoms with Gasteiger partial charge in [0.15, 0.2) is 0 Å². The molecular weight excluding hydrogens is 429 g/mol. The van der Waals surface area contributed by atoms with Crippen molar-refractivity contribution in [3.63, 3.8) is 0 Å². The Morgan fingerprint density at radius 1 is 1.26 bits per heavy atom. The molecule has 0 bridgehead atoms. The Kier molecular flexibility index (Phi) is 7.71. The number of amides is 1. The van der Waals surface area contributed by atoms with Gasteiger partial charge in [-0.1, -0.05) is 23.4 Å². The molecule has 170 valence electrons. The number of alkyl halides is 3. The van der Waals surface area contributed by atoms with Gasteiger partial charge in [0.05, 0.1) is 11.3 Å². The monoisotopic (exact) mass is 456 g/mol. The standard InChI is InChI=1S/C22H28ClF3N4O/c1-28(2)9-5-16-6-10-29(11-7-16)19-13-20(23)27-14-18(19)4-3-17-8-12-30(15-17)21(31)22(24,25)26/h13-14,16-17H,5-12,15H2,1-2H3. The number of hydrogen-bond acceptors (Lipinski definition) is 4. The van der Waals surface area contributed by atoms with Crippen LogP contribution in [0, 0.1) is 23.7 Å². The van der Waals surface area contributed by atoms with Gasteiger partial charge in [0.25, 0.3) is 0 Å². The zero-order valence-electron chi connectivity index (χ0n) is 17.9. The van der Waals surface area contributed by atoms with Crippen LogP contribution in [0.15, 0.2) is 12.3 Å². The van der Waals surface area contributed by atoms with Gasteiger partial charge in [-0.05, 0) is 52.2 Å². The maximum Gasteiger partial charge on any atom is 0.471 e. The van der Waals surface area contributed by atoms with E-state index in [9.17, 15) is 18.0 Å². The predicted octanol–water partition coefficient (Wildman–Crippen LogP) is 3.67. The van der Waals surface area contributed by atoms with Crippen molar-refractivity contribution in [1.29, 1.82) is 0 Å². The van der Waals surface area contributed by atoms with Crippen LogP contribution in [0.4, 0.5) is 18.9 Å². The molecule has 3 heterocycles. The molecule has 2 aliphatic heterocycles. The van der Waals surface area contributed by atoms with E-state index >= 15 is 0 Å². The van der Waals surface area contributed by atoms with Crippen LogP contribution in [-0.4, -0.2) is 73.7 Å². The van der Waals surface area contributed by atoms with Gasteiger partial charge in [0.1, 0.15) is 5.15 Å². The van der Waals surface area contributed by atoms with E-state index in [1.165, 1.54) is 6.42 Å². The minimum atomic E-state index is -4.84. The van der Waals surface area contributed by atoms with Crippen LogP contribution < -0.4 is 4.90 Å². The number of rotatable bonds is 4. The molecular formula is C22H28ClF3N4O. The van der Waals surface area contributed by atoms with Crippen molar-refractivity contribution in [1.82, 2.24) is 14.8 Å². The molecule has 1 atom stereocenters. The van der Waals surface area contributed by atoms with E-state index in [4.69, 9.17) is 11.6 Å². The maximum atomic E-state index is 12.6. The highest BCUT2D eigenvalue weighted by atomic mass is 35.5. The third-order valence-electron chi connectivity index (χ3n) is 5.92. The van der Waals surface area contributed by atoms with Crippen molar-refractivity contribution in [3.05, 3.63) is 23.0 Å². The number of carbonyl (C=O) groups is 1. The van der Waals surface area contributed by atoms with E-state index in [2.05, 4.69) is 40.7 Å². The summed E-state index contributed by atoms with van der Waals surface area (Å²) in [6.45, 7) is 2.97. The molecule has 31 heavy (non-hydrogen) atoms. The summed E-state index contributed by atoms with van der Waals surface area (Å²) in [6.07, 6.45) is 0.585. The van der Waals surface area contributed by atoms with Gasteiger partial charge in [-0.25, -0.2) is 4.98 Å². The maximum absolute atomic E-state index is 12.6. The minimum Gasteiger partial charge on any atom is -0.370 e. The molecule has 9 heteroatoms. The van der Waals surface area contributed by atoms with Crippen LogP contribution in [0.1, 0.15) is 31.2 Å². The second-order valence-electron chi connectivity index (χ2n) is 8.55. The number of piperidine rings is 1. The number of hydrogen-bond donors (Lipinski definition) is 0. The number of anilines is 1. The van der Waals surface area contributed by atoms with Crippen LogP contribution >= 0.6 is 11.6 Å². The lowest BCUT2D eigenvalue weighted by Gasteiger charge is -2.34. The second-order valence-corrected chi connectivity index (χ2v) is 8.94. The summed E-state index contributed by atoms with van der Waals surface area (Å²) >= 11 is 6.13. The normalized spacial score (nSPS) is 20.2. The summed E-state index contributed by atoms with van der Waals surface area (Å²) in [5, 5.41) is 0.387. The van der Waals surface area contributed by atoms with Gasteiger partial charge in [-0.15, -0.1) is 0 Å². The molecule has 1 unspecified atom stereocenters. The van der Waals surface area contributed by atoms with Crippen LogP contribution in [0.5, 0.6) is 0 Å². The second kappa shape index (κ2) is 10.1. The predicted molar refractivity (Wildman–Crippen MR) is 115 cm³/mol. The average Bonchev–Trinajstić information content (AvgIpc) is 3.19. The van der Waals surface area contributed by atoms with Gasteiger partial charge in [0.2, 0.25) is 0 Å². The fourth-order valence-electron chi connectivity index (χ4n) is 4.10. The molecule has 2 saturated heterocycles. The summed E-state index contributed by atoms with van der Waals surface area (Å²) < 4.78 is 37.9. The number of nitrogens with zero attached hydrogens (tertiary/aromatic N) is 4. The molecule has 2 fully saturated rings. The van der Waals surface area contributed by atoms with Crippen LogP contribution in [0.3, 0.4) is 0 Å². The third-order valence-corrected chi connectivity index (χ3v) is 6.12. The Morgan fingerprint density at radius 2 is 1.97 bits per heavy atom. The van der Waals surface area contributed by atoms with Crippen molar-refractivity contribution in [2.24, 2.45) is 11.8 Å². The first-order valence-electron chi connectivity index (χ1n) is 10.6. The van der Waals surface area contributed by atoms with E-state index < -0.39 is 12.1 Å². The number of pyridine rings is 1. The van der Waals surface area contributed by atoms with Crippen LogP contribution in [-0.2, 0) is 4.79 Å². The van der Waals surface area contributed by atoms with Gasteiger partial charge in [-0.3, -0.25) is 4.79 Å². The lowest BCUT2D eigenvalue weighted by molar-refractivity contribution is -0.184. The Labute approximate surface area is 186 Å². The summed E-state index contributed by atoms with van der Waals surface area (Å²) in [4.78, 5) is 20.8. The number of carbonyl (C=O) groups excluding carboxylic acids is 1. The molecule has 0 saturated carbocycles. The highest BCUT2D eigenvalue weighted by molar-refractivity contribution is 6.29. The zero-order valence-corrected chi connectivity index (χ0v) is 18.6. The number of likely N-dealkylation sites (tertiary alicyclic amines) is 1. The lowest BCUT2D eigenvalue weighted by Crippen LogP contribution is -2.39. The Balaban J connectivity index is 1.65. The van der Waals surface area contributed by atoms with Crippen molar-refractivity contribution >= 4 is 23.2 Å². The first kappa shape index (κ1) is 23.7. The molecule has 0 aliphatic carbocycles. The Hall–Kier alpha value is -1.98. The zero-order chi connectivity index (χ0) is 22.6. The van der Waals surface area contributed by atoms with Crippen molar-refractivity contribution in [2.75, 3.05) is 51.7 Å². The summed E-state index contributed by atoms with van der Waals surface area (Å²) in [7, 11) is 4.17. The van der Waals surface area contributed by atoms with Crippen LogP contribution in [0.2, 0.25) is 5.15 Å². The molecule has 0 aromatic carbocycles. The van der Waals surface area contributed by atoms with Crippen LogP contribution in [0.25, 0.3) is 0 Å². The Bertz CT molecular complexity index is 841. The summed E-state index contributed by atoms with van der Waals surface area (Å²) in [5.74, 6) is 4.76. The van der Waals surface area contributed by atoms with E-state index in [0.29, 0.717) is 17.5 Å². The molecule has 5 nitrogen and oxygen atoms in total. The number of halogens is 4. The van der Waals surface area contributed by atoms with Crippen molar-refractivity contribution in [3.8, 4) is 11.8 Å². The molecule has 0 spiro atoms. The summed E-state index contributed by atoms with van der Waals surface area (Å²) in [6, 6.07) is 1.81. The summed E-state index contributed by atoms with van der Waals surface area (Å²) in [5.41, 5.74) is 1.64. The quantitative estimate of drug-likeness (QED) is 0.512. The first-order valence-corrected chi connectivity index (χ1v) is 10.9. The molecule has 0 N–H and O–H groups in total. The number of aromatic nitrogens is 1. The molecule has 1 aromatic heterocycles. The highest BCUT2D eigenvalue weighted by Crippen LogP contribution is 2.29. The van der Waals surface area contributed by atoms with Crippen molar-refractivity contribution in [2.45, 2.75) is 31.9 Å². The third kappa shape index (κ3) is 6.50. The van der Waals surface area contributed by atoms with E-state index in [0.717, 1.165) is 48.6 Å². The molecule has 1 amide bonds. The fourth-order valence-corrected chi connectivity index (χ4v) is 4.26. The SMILES string of the molecule is CN(C)CCC1CCN(c2cc(Cl)ncc2C#CC2CCN(C(=O)C(F)(F)F)C2)CC1. The van der Waals surface area contributed by atoms with Gasteiger partial charge in [0, 0.05) is 44.4 Å². The van der Waals surface area contributed by atoms with Gasteiger partial charge in [-0.2, -0.15) is 13.2 Å². The van der Waals surface area contributed by atoms with E-state index in [1.54, 1.807) is 12.3 Å². The van der Waals surface area contributed by atoms with E-state index in [1.807, 2.05) is 0 Å². The average molecular weight is 457 g/mol. The first-order chi connectivity index (χ1) is 14.6. The van der Waals surface area contributed by atoms with Crippen molar-refractivity contribution < 1.29 is 18.0 Å². The lowest BCUT2D eigenvalue weighted by atomic mass is 9.93.